The topological polar surface area (TPSA) is 46.0 Å². The third-order valence-corrected chi connectivity index (χ3v) is 10.2. The molecule has 0 bridgehead atoms. The van der Waals surface area contributed by atoms with E-state index in [1.807, 2.05) is 36.4 Å². The molecule has 0 aromatic heterocycles. The molecule has 3 aliphatic rings. The van der Waals surface area contributed by atoms with E-state index in [0.29, 0.717) is 5.84 Å². The standard InChI is InChI=1S/C46H31N3O/c1-3-14-30(15-4-1)43-47-44(31-16-5-2-6-17-31)49-45(48-43)34-19-13-18-32(28-34)33-26-27-42-40(29-33)46(39-24-11-12-25-41(39)50-42)37-22-9-7-20-35(37)36-21-8-10-23-38(36)46/h1-29,43H,(H,47,48,49). The maximum atomic E-state index is 6.67. The van der Waals surface area contributed by atoms with Gasteiger partial charge in [-0.1, -0.05) is 152 Å². The molecule has 7 aromatic carbocycles. The Kier molecular flexibility index (Phi) is 6.43. The van der Waals surface area contributed by atoms with E-state index >= 15 is 0 Å². The first-order valence-corrected chi connectivity index (χ1v) is 17.0. The summed E-state index contributed by atoms with van der Waals surface area (Å²) in [5, 5.41) is 3.57. The van der Waals surface area contributed by atoms with Crippen molar-refractivity contribution in [2.45, 2.75) is 11.6 Å². The molecule has 1 aliphatic carbocycles. The third-order valence-electron chi connectivity index (χ3n) is 10.2. The number of nitrogens with zero attached hydrogens (tertiary/aromatic N) is 2. The maximum absolute atomic E-state index is 6.67. The number of para-hydroxylation sites is 1. The van der Waals surface area contributed by atoms with E-state index in [0.717, 1.165) is 56.3 Å². The number of rotatable bonds is 4. The predicted octanol–water partition coefficient (Wildman–Crippen LogP) is 10.3. The van der Waals surface area contributed by atoms with Crippen LogP contribution in [0, 0.1) is 0 Å². The zero-order valence-corrected chi connectivity index (χ0v) is 27.1. The van der Waals surface area contributed by atoms with Gasteiger partial charge < -0.3 is 10.1 Å². The molecular weight excluding hydrogens is 611 g/mol. The van der Waals surface area contributed by atoms with Gasteiger partial charge in [-0.15, -0.1) is 0 Å². The number of hydrogen-bond acceptors (Lipinski definition) is 4. The average molecular weight is 642 g/mol. The largest absolute Gasteiger partial charge is 0.457 e. The summed E-state index contributed by atoms with van der Waals surface area (Å²) >= 11 is 0. The first-order valence-electron chi connectivity index (χ1n) is 17.0. The Morgan fingerprint density at radius 3 is 1.80 bits per heavy atom. The molecule has 0 fully saturated rings. The number of ether oxygens (including phenoxy) is 1. The molecule has 7 aromatic rings. The monoisotopic (exact) mass is 641 g/mol. The van der Waals surface area contributed by atoms with Crippen molar-refractivity contribution in [1.29, 1.82) is 0 Å². The minimum Gasteiger partial charge on any atom is -0.457 e. The molecule has 50 heavy (non-hydrogen) atoms. The van der Waals surface area contributed by atoms with E-state index < -0.39 is 5.41 Å². The van der Waals surface area contributed by atoms with E-state index in [4.69, 9.17) is 14.7 Å². The lowest BCUT2D eigenvalue weighted by Crippen LogP contribution is -2.33. The van der Waals surface area contributed by atoms with Crippen LogP contribution in [-0.4, -0.2) is 11.7 Å². The second-order valence-electron chi connectivity index (χ2n) is 13.0. The molecule has 1 unspecified atom stereocenters. The van der Waals surface area contributed by atoms with Gasteiger partial charge in [0.05, 0.1) is 5.41 Å². The number of benzene rings is 7. The van der Waals surface area contributed by atoms with Crippen LogP contribution in [0.2, 0.25) is 0 Å². The Morgan fingerprint density at radius 2 is 1.04 bits per heavy atom. The van der Waals surface area contributed by atoms with Crippen molar-refractivity contribution in [2.24, 2.45) is 9.98 Å². The summed E-state index contributed by atoms with van der Waals surface area (Å²) in [6, 6.07) is 62.0. The molecule has 236 valence electrons. The highest BCUT2D eigenvalue weighted by Crippen LogP contribution is 2.62. The van der Waals surface area contributed by atoms with Gasteiger partial charge in [-0.05, 0) is 63.2 Å². The van der Waals surface area contributed by atoms with Crippen molar-refractivity contribution in [3.8, 4) is 33.8 Å². The molecule has 2 heterocycles. The second kappa shape index (κ2) is 11.3. The molecular formula is C46H31N3O. The van der Waals surface area contributed by atoms with Crippen LogP contribution >= 0.6 is 0 Å². The van der Waals surface area contributed by atoms with E-state index in [1.54, 1.807) is 0 Å². The average Bonchev–Trinajstić information content (AvgIpc) is 3.49. The zero-order chi connectivity index (χ0) is 33.1. The highest BCUT2D eigenvalue weighted by Gasteiger charge is 2.51. The molecule has 1 N–H and O–H groups in total. The van der Waals surface area contributed by atoms with Crippen molar-refractivity contribution >= 4 is 11.7 Å². The zero-order valence-electron chi connectivity index (χ0n) is 27.1. The van der Waals surface area contributed by atoms with Crippen LogP contribution in [0.1, 0.15) is 45.1 Å². The molecule has 0 radical (unpaired) electrons. The van der Waals surface area contributed by atoms with Crippen molar-refractivity contribution in [1.82, 2.24) is 5.32 Å². The number of hydrogen-bond donors (Lipinski definition) is 1. The van der Waals surface area contributed by atoms with Gasteiger partial charge >= 0.3 is 0 Å². The highest BCUT2D eigenvalue weighted by atomic mass is 16.5. The SMILES string of the molecule is c1ccc(C2=NC(c3cccc(-c4ccc5c(c4)C4(c6ccccc6O5)c5ccccc5-c5ccccc54)c3)=NC(c3ccccc3)N2)cc1. The highest BCUT2D eigenvalue weighted by molar-refractivity contribution is 6.13. The molecule has 0 saturated heterocycles. The molecule has 10 rings (SSSR count). The summed E-state index contributed by atoms with van der Waals surface area (Å²) in [7, 11) is 0. The van der Waals surface area contributed by atoms with Gasteiger partial charge in [0.1, 0.15) is 23.5 Å². The fourth-order valence-corrected chi connectivity index (χ4v) is 8.00. The van der Waals surface area contributed by atoms with E-state index in [2.05, 4.69) is 145 Å². The first kappa shape index (κ1) is 28.5. The quantitative estimate of drug-likeness (QED) is 0.208. The van der Waals surface area contributed by atoms with Crippen LogP contribution in [-0.2, 0) is 5.41 Å². The normalized spacial score (nSPS) is 16.1. The summed E-state index contributed by atoms with van der Waals surface area (Å²) in [6.07, 6.45) is -0.258. The van der Waals surface area contributed by atoms with Crippen LogP contribution in [0.5, 0.6) is 11.5 Å². The van der Waals surface area contributed by atoms with Crippen molar-refractivity contribution < 1.29 is 4.74 Å². The van der Waals surface area contributed by atoms with Gasteiger partial charge in [0.2, 0.25) is 0 Å². The van der Waals surface area contributed by atoms with E-state index in [9.17, 15) is 0 Å². The lowest BCUT2D eigenvalue weighted by atomic mass is 9.66. The molecule has 0 amide bonds. The Balaban J connectivity index is 1.13. The van der Waals surface area contributed by atoms with Gasteiger partial charge in [0.25, 0.3) is 0 Å². The third kappa shape index (κ3) is 4.32. The number of nitrogens with one attached hydrogen (secondary N) is 1. The lowest BCUT2D eigenvalue weighted by molar-refractivity contribution is 0.436. The predicted molar refractivity (Wildman–Crippen MR) is 201 cm³/mol. The maximum Gasteiger partial charge on any atom is 0.159 e. The van der Waals surface area contributed by atoms with Gasteiger partial charge in [0.15, 0.2) is 5.84 Å². The number of aliphatic imine (C=N–C) groups is 2. The number of fused-ring (bicyclic) bond motifs is 9. The Morgan fingerprint density at radius 1 is 0.460 bits per heavy atom. The van der Waals surface area contributed by atoms with Gasteiger partial charge in [0, 0.05) is 22.3 Å². The molecule has 4 nitrogen and oxygen atoms in total. The van der Waals surface area contributed by atoms with Crippen LogP contribution in [0.25, 0.3) is 22.3 Å². The molecule has 1 atom stereocenters. The van der Waals surface area contributed by atoms with Crippen LogP contribution in [0.4, 0.5) is 0 Å². The van der Waals surface area contributed by atoms with Gasteiger partial charge in [-0.3, -0.25) is 0 Å². The summed E-state index contributed by atoms with van der Waals surface area (Å²) in [4.78, 5) is 10.2. The molecule has 1 spiro atoms. The molecule has 0 saturated carbocycles. The summed E-state index contributed by atoms with van der Waals surface area (Å²) in [5.41, 5.74) is 12.2. The second-order valence-corrected chi connectivity index (χ2v) is 13.0. The molecule has 2 aliphatic heterocycles. The van der Waals surface area contributed by atoms with Gasteiger partial charge in [-0.2, -0.15) is 0 Å². The smallest absolute Gasteiger partial charge is 0.159 e. The Labute approximate surface area is 291 Å². The van der Waals surface area contributed by atoms with E-state index in [-0.39, 0.29) is 6.17 Å². The van der Waals surface area contributed by atoms with E-state index in [1.165, 1.54) is 22.3 Å². The van der Waals surface area contributed by atoms with Crippen LogP contribution < -0.4 is 10.1 Å². The summed E-state index contributed by atoms with van der Waals surface area (Å²) in [5.74, 6) is 3.27. The summed E-state index contributed by atoms with van der Waals surface area (Å²) in [6.45, 7) is 0. The Hall–Kier alpha value is -6.52. The van der Waals surface area contributed by atoms with Crippen LogP contribution in [0.15, 0.2) is 186 Å². The number of amidine groups is 2. The van der Waals surface area contributed by atoms with Crippen molar-refractivity contribution in [2.75, 3.05) is 0 Å². The lowest BCUT2D eigenvalue weighted by Gasteiger charge is -2.39. The minimum absolute atomic E-state index is 0.258. The summed E-state index contributed by atoms with van der Waals surface area (Å²) < 4.78 is 6.67. The molecule has 4 heteroatoms. The van der Waals surface area contributed by atoms with Crippen molar-refractivity contribution in [3.63, 3.8) is 0 Å². The Bertz CT molecular complexity index is 2450. The van der Waals surface area contributed by atoms with Gasteiger partial charge in [-0.25, -0.2) is 9.98 Å². The minimum atomic E-state index is -0.512. The first-order chi connectivity index (χ1) is 24.8. The van der Waals surface area contributed by atoms with Crippen molar-refractivity contribution in [3.05, 3.63) is 215 Å². The fraction of sp³-hybridized carbons (Fsp3) is 0.0435. The van der Waals surface area contributed by atoms with Crippen LogP contribution in [0.3, 0.4) is 0 Å². The fourth-order valence-electron chi connectivity index (χ4n) is 8.00.